The number of hydrogen-bond donors (Lipinski definition) is 2. The maximum absolute atomic E-state index is 11.6. The number of carbonyl (C=O) groups is 1. The molecule has 1 aliphatic heterocycles. The van der Waals surface area contributed by atoms with Crippen LogP contribution >= 0.6 is 0 Å². The fourth-order valence-electron chi connectivity index (χ4n) is 3.76. The lowest BCUT2D eigenvalue weighted by Crippen LogP contribution is -2.13. The molecule has 0 fully saturated rings. The smallest absolute Gasteiger partial charge is 0.378 e. The molecule has 0 aromatic carbocycles. The highest BCUT2D eigenvalue weighted by Crippen LogP contribution is 2.24. The lowest BCUT2D eigenvalue weighted by atomic mass is 10.0. The molecule has 0 spiro atoms. The second-order valence-corrected chi connectivity index (χ2v) is 8.27. The number of rotatable bonds is 20. The summed E-state index contributed by atoms with van der Waals surface area (Å²) < 4.78 is 10.4. The Labute approximate surface area is 177 Å². The van der Waals surface area contributed by atoms with Crippen molar-refractivity contribution < 1.29 is 24.5 Å². The first-order valence-electron chi connectivity index (χ1n) is 12.1. The SMILES string of the molecule is CCCCCCCCCCCCCCCCCCOC1=C(O)C(CCO)OC1=O. The zero-order valence-corrected chi connectivity index (χ0v) is 18.6. The molecule has 5 nitrogen and oxygen atoms in total. The van der Waals surface area contributed by atoms with Gasteiger partial charge < -0.3 is 19.7 Å². The van der Waals surface area contributed by atoms with Gasteiger partial charge in [0.2, 0.25) is 5.76 Å². The van der Waals surface area contributed by atoms with Crippen LogP contribution in [0.4, 0.5) is 0 Å². The second-order valence-electron chi connectivity index (χ2n) is 8.27. The first-order chi connectivity index (χ1) is 14.2. The number of hydrogen-bond acceptors (Lipinski definition) is 5. The van der Waals surface area contributed by atoms with E-state index < -0.39 is 12.1 Å². The normalized spacial score (nSPS) is 16.5. The van der Waals surface area contributed by atoms with Crippen LogP contribution in [-0.2, 0) is 14.3 Å². The minimum Gasteiger partial charge on any atom is -0.505 e. The maximum atomic E-state index is 11.6. The van der Waals surface area contributed by atoms with Crippen molar-refractivity contribution in [3.05, 3.63) is 11.5 Å². The molecule has 1 atom stereocenters. The molecule has 2 N–H and O–H groups in total. The van der Waals surface area contributed by atoms with Crippen molar-refractivity contribution in [1.29, 1.82) is 0 Å². The van der Waals surface area contributed by atoms with Gasteiger partial charge in [0.1, 0.15) is 0 Å². The molecule has 5 heteroatoms. The molecular weight excluding hydrogens is 368 g/mol. The van der Waals surface area contributed by atoms with E-state index in [1.54, 1.807) is 0 Å². The van der Waals surface area contributed by atoms with E-state index >= 15 is 0 Å². The molecule has 0 aromatic heterocycles. The molecule has 1 rings (SSSR count). The minimum absolute atomic E-state index is 0.0793. The summed E-state index contributed by atoms with van der Waals surface area (Å²) in [6, 6.07) is 0. The van der Waals surface area contributed by atoms with Gasteiger partial charge in [-0.15, -0.1) is 0 Å². The van der Waals surface area contributed by atoms with Crippen molar-refractivity contribution in [2.24, 2.45) is 0 Å². The Bertz CT molecular complexity index is 447. The van der Waals surface area contributed by atoms with Crippen molar-refractivity contribution in [3.63, 3.8) is 0 Å². The van der Waals surface area contributed by atoms with Crippen LogP contribution in [0.2, 0.25) is 0 Å². The molecular formula is C24H44O5. The van der Waals surface area contributed by atoms with E-state index in [2.05, 4.69) is 6.92 Å². The predicted octanol–water partition coefficient (Wildman–Crippen LogP) is 6.34. The highest BCUT2D eigenvalue weighted by Gasteiger charge is 2.35. The standard InChI is InChI=1S/C24H44O5/c1-2-3-4-5-6-7-8-9-10-11-12-13-14-15-16-17-20-28-23-22(26)21(18-19-25)29-24(23)27/h21,25-26H,2-20H2,1H3. The summed E-state index contributed by atoms with van der Waals surface area (Å²) in [6.07, 6.45) is 20.4. The van der Waals surface area contributed by atoms with Gasteiger partial charge in [-0.2, -0.15) is 0 Å². The third-order valence-electron chi connectivity index (χ3n) is 5.61. The average Bonchev–Trinajstić information content (AvgIpc) is 2.98. The van der Waals surface area contributed by atoms with Crippen LogP contribution < -0.4 is 0 Å². The molecule has 0 amide bonds. The Balaban J connectivity index is 1.84. The van der Waals surface area contributed by atoms with Gasteiger partial charge in [-0.05, 0) is 6.42 Å². The van der Waals surface area contributed by atoms with Crippen molar-refractivity contribution in [1.82, 2.24) is 0 Å². The number of esters is 1. The molecule has 0 aliphatic carbocycles. The average molecular weight is 413 g/mol. The highest BCUT2D eigenvalue weighted by atomic mass is 16.6. The van der Waals surface area contributed by atoms with E-state index in [0.29, 0.717) is 6.61 Å². The zero-order valence-electron chi connectivity index (χ0n) is 18.6. The first-order valence-corrected chi connectivity index (χ1v) is 12.1. The molecule has 0 saturated heterocycles. The predicted molar refractivity (Wildman–Crippen MR) is 117 cm³/mol. The van der Waals surface area contributed by atoms with Crippen LogP contribution in [0.15, 0.2) is 11.5 Å². The lowest BCUT2D eigenvalue weighted by Gasteiger charge is -2.06. The van der Waals surface area contributed by atoms with Crippen LogP contribution in [0.25, 0.3) is 0 Å². The third-order valence-corrected chi connectivity index (χ3v) is 5.61. The number of aliphatic hydroxyl groups is 2. The summed E-state index contributed by atoms with van der Waals surface area (Å²) in [7, 11) is 0. The Hall–Kier alpha value is -1.23. The minimum atomic E-state index is -0.756. The van der Waals surface area contributed by atoms with E-state index in [9.17, 15) is 9.90 Å². The van der Waals surface area contributed by atoms with Crippen LogP contribution in [-0.4, -0.2) is 35.5 Å². The molecule has 170 valence electrons. The fourth-order valence-corrected chi connectivity index (χ4v) is 3.76. The number of ether oxygens (including phenoxy) is 2. The fraction of sp³-hybridized carbons (Fsp3) is 0.875. The molecule has 0 bridgehead atoms. The second kappa shape index (κ2) is 17.6. The molecule has 29 heavy (non-hydrogen) atoms. The zero-order chi connectivity index (χ0) is 21.2. The highest BCUT2D eigenvalue weighted by molar-refractivity contribution is 5.89. The topological polar surface area (TPSA) is 76.0 Å². The Morgan fingerprint density at radius 2 is 1.24 bits per heavy atom. The number of unbranched alkanes of at least 4 members (excludes halogenated alkanes) is 15. The Morgan fingerprint density at radius 3 is 1.69 bits per heavy atom. The van der Waals surface area contributed by atoms with Gasteiger partial charge in [0, 0.05) is 13.0 Å². The summed E-state index contributed by atoms with van der Waals surface area (Å²) in [4.78, 5) is 11.6. The van der Waals surface area contributed by atoms with Crippen molar-refractivity contribution in [2.45, 2.75) is 122 Å². The van der Waals surface area contributed by atoms with Crippen molar-refractivity contribution in [2.75, 3.05) is 13.2 Å². The summed E-state index contributed by atoms with van der Waals surface area (Å²) in [5.41, 5.74) is 0. The first kappa shape index (κ1) is 25.8. The summed E-state index contributed by atoms with van der Waals surface area (Å²) >= 11 is 0. The van der Waals surface area contributed by atoms with Crippen LogP contribution in [0.5, 0.6) is 0 Å². The largest absolute Gasteiger partial charge is 0.505 e. The summed E-state index contributed by atoms with van der Waals surface area (Å²) in [5.74, 6) is -0.887. The van der Waals surface area contributed by atoms with Gasteiger partial charge in [0.25, 0.3) is 0 Å². The lowest BCUT2D eigenvalue weighted by molar-refractivity contribution is -0.143. The maximum Gasteiger partial charge on any atom is 0.378 e. The Kier molecular flexibility index (Phi) is 15.7. The molecule has 1 unspecified atom stereocenters. The van der Waals surface area contributed by atoms with Crippen LogP contribution in [0.3, 0.4) is 0 Å². The van der Waals surface area contributed by atoms with E-state index in [4.69, 9.17) is 14.6 Å². The van der Waals surface area contributed by atoms with Gasteiger partial charge in [-0.3, -0.25) is 0 Å². The molecule has 0 saturated carbocycles. The molecule has 1 aliphatic rings. The van der Waals surface area contributed by atoms with Gasteiger partial charge in [-0.25, -0.2) is 4.79 Å². The third kappa shape index (κ3) is 12.1. The summed E-state index contributed by atoms with van der Waals surface area (Å²) in [6.45, 7) is 2.54. The van der Waals surface area contributed by atoms with E-state index in [1.165, 1.54) is 89.9 Å². The van der Waals surface area contributed by atoms with Crippen LogP contribution in [0.1, 0.15) is 116 Å². The van der Waals surface area contributed by atoms with Gasteiger partial charge in [0.15, 0.2) is 11.9 Å². The Morgan fingerprint density at radius 1 is 0.793 bits per heavy atom. The van der Waals surface area contributed by atoms with Gasteiger partial charge in [-0.1, -0.05) is 103 Å². The number of aliphatic hydroxyl groups excluding tert-OH is 2. The molecule has 0 radical (unpaired) electrons. The van der Waals surface area contributed by atoms with E-state index in [-0.39, 0.29) is 24.5 Å². The monoisotopic (exact) mass is 412 g/mol. The molecule has 0 aromatic rings. The number of carbonyl (C=O) groups excluding carboxylic acids is 1. The van der Waals surface area contributed by atoms with Crippen molar-refractivity contribution in [3.8, 4) is 0 Å². The quantitative estimate of drug-likeness (QED) is 0.180. The van der Waals surface area contributed by atoms with Crippen LogP contribution in [0, 0.1) is 0 Å². The summed E-state index contributed by atoms with van der Waals surface area (Å²) in [5, 5.41) is 18.8. The van der Waals surface area contributed by atoms with Gasteiger partial charge in [0.05, 0.1) is 6.61 Å². The molecule has 1 heterocycles. The van der Waals surface area contributed by atoms with Gasteiger partial charge >= 0.3 is 5.97 Å². The van der Waals surface area contributed by atoms with Crippen molar-refractivity contribution >= 4 is 5.97 Å². The number of cyclic esters (lactones) is 1. The van der Waals surface area contributed by atoms with E-state index in [1.807, 2.05) is 0 Å². The van der Waals surface area contributed by atoms with E-state index in [0.717, 1.165) is 12.8 Å².